The quantitative estimate of drug-likeness (QED) is 0.187. The number of carbonyl (C=O) groups excluding carboxylic acids is 2. The van der Waals surface area contributed by atoms with E-state index in [2.05, 4.69) is 55.0 Å². The Balaban J connectivity index is 1.39. The molecule has 6 unspecified atom stereocenters. The molecule has 0 amide bonds. The zero-order valence-corrected chi connectivity index (χ0v) is 34.2. The highest BCUT2D eigenvalue weighted by Gasteiger charge is 2.76. The van der Waals surface area contributed by atoms with E-state index in [1.807, 2.05) is 0 Å². The maximum absolute atomic E-state index is 14.4. The van der Waals surface area contributed by atoms with Crippen molar-refractivity contribution in [1.29, 1.82) is 0 Å². The molecule has 0 spiro atoms. The number of carbonyl (C=O) groups is 2. The SMILES string of the molecule is C=C(C)C1CC[C@]2(C)C[C@@H](OC(=O)c3ccc(O)c(OC)c3)[C@]3(C)C(CC(OC(=O)c4ccc(O)c(OC)c4)C4[C@@]5(C)CC[C@H](O)C(C)(C)C5CC[C@]43C)C12. The van der Waals surface area contributed by atoms with E-state index in [1.54, 1.807) is 18.2 Å². The molecule has 2 aromatic rings. The van der Waals surface area contributed by atoms with Crippen molar-refractivity contribution in [3.8, 4) is 23.0 Å². The van der Waals surface area contributed by atoms with Crippen molar-refractivity contribution in [2.24, 2.45) is 56.7 Å². The highest BCUT2D eigenvalue weighted by Crippen LogP contribution is 2.78. The largest absolute Gasteiger partial charge is 0.504 e. The van der Waals surface area contributed by atoms with Crippen molar-refractivity contribution in [1.82, 2.24) is 0 Å². The number of methoxy groups -OCH3 is 2. The molecular weight excluding hydrogens is 696 g/mol. The number of aromatic hydroxyl groups is 2. The number of hydrogen-bond acceptors (Lipinski definition) is 9. The van der Waals surface area contributed by atoms with Crippen LogP contribution in [-0.4, -0.2) is 59.8 Å². The fourth-order valence-electron chi connectivity index (χ4n) is 13.9. The Kier molecular flexibility index (Phi) is 9.66. The van der Waals surface area contributed by atoms with Crippen molar-refractivity contribution < 1.29 is 43.9 Å². The van der Waals surface area contributed by atoms with Gasteiger partial charge < -0.3 is 34.3 Å². The van der Waals surface area contributed by atoms with Crippen LogP contribution in [0.3, 0.4) is 0 Å². The molecule has 5 aliphatic carbocycles. The van der Waals surface area contributed by atoms with E-state index in [9.17, 15) is 24.9 Å². The lowest BCUT2D eigenvalue weighted by Crippen LogP contribution is -2.73. The lowest BCUT2D eigenvalue weighted by Gasteiger charge is -2.74. The Morgan fingerprint density at radius 3 is 1.95 bits per heavy atom. The van der Waals surface area contributed by atoms with E-state index in [4.69, 9.17) is 18.9 Å². The number of aliphatic hydroxyl groups excluding tert-OH is 1. The van der Waals surface area contributed by atoms with E-state index < -0.39 is 41.1 Å². The predicted molar refractivity (Wildman–Crippen MR) is 209 cm³/mol. The number of allylic oxidation sites excluding steroid dienone is 1. The van der Waals surface area contributed by atoms with Gasteiger partial charge in [-0.05, 0) is 140 Å². The molecule has 3 N–H and O–H groups in total. The van der Waals surface area contributed by atoms with Crippen molar-refractivity contribution in [3.05, 3.63) is 59.7 Å². The van der Waals surface area contributed by atoms with Crippen LogP contribution >= 0.6 is 0 Å². The fourth-order valence-corrected chi connectivity index (χ4v) is 13.9. The number of hydrogen-bond donors (Lipinski definition) is 3. The van der Waals surface area contributed by atoms with E-state index in [-0.39, 0.29) is 68.8 Å². The van der Waals surface area contributed by atoms with Crippen LogP contribution in [0.15, 0.2) is 48.6 Å². The van der Waals surface area contributed by atoms with Crippen molar-refractivity contribution in [3.63, 3.8) is 0 Å². The summed E-state index contributed by atoms with van der Waals surface area (Å²) in [6.07, 6.45) is 5.12. The Morgan fingerprint density at radius 1 is 0.800 bits per heavy atom. The van der Waals surface area contributed by atoms with Crippen LogP contribution in [0, 0.1) is 56.7 Å². The molecule has 5 saturated carbocycles. The number of benzene rings is 2. The summed E-state index contributed by atoms with van der Waals surface area (Å²) in [5.41, 5.74) is 0.0332. The summed E-state index contributed by atoms with van der Waals surface area (Å²) in [5, 5.41) is 32.1. The third-order valence-electron chi connectivity index (χ3n) is 16.7. The first kappa shape index (κ1) is 39.5. The predicted octanol–water partition coefficient (Wildman–Crippen LogP) is 9.12. The molecule has 9 heteroatoms. The third kappa shape index (κ3) is 5.79. The Morgan fingerprint density at radius 2 is 1.38 bits per heavy atom. The first-order valence-electron chi connectivity index (χ1n) is 20.3. The van der Waals surface area contributed by atoms with Crippen molar-refractivity contribution >= 4 is 11.9 Å². The first-order valence-corrected chi connectivity index (χ1v) is 20.3. The number of phenols is 2. The molecule has 0 aromatic heterocycles. The zero-order valence-electron chi connectivity index (χ0n) is 34.2. The van der Waals surface area contributed by atoms with Gasteiger partial charge in [-0.15, -0.1) is 0 Å². The third-order valence-corrected chi connectivity index (χ3v) is 16.7. The molecule has 2 aromatic carbocycles. The zero-order chi connectivity index (χ0) is 40.0. The van der Waals surface area contributed by atoms with Crippen LogP contribution in [0.1, 0.15) is 121 Å². The Hall–Kier alpha value is -3.72. The van der Waals surface area contributed by atoms with Crippen LogP contribution in [0.5, 0.6) is 23.0 Å². The molecule has 5 fully saturated rings. The minimum atomic E-state index is -0.518. The topological polar surface area (TPSA) is 132 Å². The summed E-state index contributed by atoms with van der Waals surface area (Å²) in [6.45, 7) is 20.5. The molecule has 5 aliphatic rings. The Bertz CT molecular complexity index is 1870. The average molecular weight is 759 g/mol. The van der Waals surface area contributed by atoms with Crippen LogP contribution in [0.2, 0.25) is 0 Å². The lowest BCUT2D eigenvalue weighted by atomic mass is 9.31. The fraction of sp³-hybridized carbons (Fsp3) is 0.652. The summed E-state index contributed by atoms with van der Waals surface area (Å²) < 4.78 is 24.4. The maximum atomic E-state index is 14.4. The summed E-state index contributed by atoms with van der Waals surface area (Å²) in [6, 6.07) is 9.17. The molecule has 0 heterocycles. The van der Waals surface area contributed by atoms with Gasteiger partial charge >= 0.3 is 11.9 Å². The Labute approximate surface area is 326 Å². The van der Waals surface area contributed by atoms with Gasteiger partial charge in [0, 0.05) is 11.3 Å². The number of rotatable bonds is 7. The van der Waals surface area contributed by atoms with Crippen LogP contribution < -0.4 is 9.47 Å². The summed E-state index contributed by atoms with van der Waals surface area (Å²) in [5.74, 6) is 0.0180. The van der Waals surface area contributed by atoms with Crippen molar-refractivity contribution in [2.75, 3.05) is 14.2 Å². The van der Waals surface area contributed by atoms with Gasteiger partial charge in [-0.3, -0.25) is 0 Å². The van der Waals surface area contributed by atoms with Crippen molar-refractivity contribution in [2.45, 2.75) is 118 Å². The average Bonchev–Trinajstić information content (AvgIpc) is 3.48. The van der Waals surface area contributed by atoms with Crippen LogP contribution in [-0.2, 0) is 9.47 Å². The van der Waals surface area contributed by atoms with Gasteiger partial charge in [-0.1, -0.05) is 53.7 Å². The van der Waals surface area contributed by atoms with E-state index in [0.717, 1.165) is 32.1 Å². The smallest absolute Gasteiger partial charge is 0.338 e. The number of phenolic OH excluding ortho intramolecular Hbond substituents is 2. The number of ether oxygens (including phenoxy) is 4. The molecular formula is C46H62O9. The van der Waals surface area contributed by atoms with Crippen LogP contribution in [0.4, 0.5) is 0 Å². The molecule has 0 saturated heterocycles. The highest BCUT2D eigenvalue weighted by atomic mass is 16.6. The van der Waals surface area contributed by atoms with Gasteiger partial charge in [0.05, 0.1) is 31.5 Å². The lowest BCUT2D eigenvalue weighted by molar-refractivity contribution is -0.298. The molecule has 0 aliphatic heterocycles. The molecule has 12 atom stereocenters. The second-order valence-electron chi connectivity index (χ2n) is 19.5. The second-order valence-corrected chi connectivity index (χ2v) is 19.5. The maximum Gasteiger partial charge on any atom is 0.338 e. The minimum absolute atomic E-state index is 0.0262. The minimum Gasteiger partial charge on any atom is -0.504 e. The van der Waals surface area contributed by atoms with Gasteiger partial charge in [0.1, 0.15) is 12.2 Å². The molecule has 0 radical (unpaired) electrons. The van der Waals surface area contributed by atoms with E-state index in [1.165, 1.54) is 38.0 Å². The molecule has 0 bridgehead atoms. The molecule has 300 valence electrons. The van der Waals surface area contributed by atoms with Gasteiger partial charge in [0.25, 0.3) is 0 Å². The van der Waals surface area contributed by atoms with Gasteiger partial charge in [0.15, 0.2) is 23.0 Å². The normalized spacial score (nSPS) is 40.0. The second kappa shape index (κ2) is 13.5. The molecule has 7 rings (SSSR count). The first-order chi connectivity index (χ1) is 25.8. The van der Waals surface area contributed by atoms with Crippen LogP contribution in [0.25, 0.3) is 0 Å². The summed E-state index contributed by atoms with van der Waals surface area (Å²) >= 11 is 0. The highest BCUT2D eigenvalue weighted by molar-refractivity contribution is 5.91. The number of aliphatic hydroxyl groups is 1. The van der Waals surface area contributed by atoms with Gasteiger partial charge in [0.2, 0.25) is 0 Å². The molecule has 9 nitrogen and oxygen atoms in total. The van der Waals surface area contributed by atoms with Gasteiger partial charge in [-0.2, -0.15) is 0 Å². The van der Waals surface area contributed by atoms with Gasteiger partial charge in [-0.25, -0.2) is 9.59 Å². The summed E-state index contributed by atoms with van der Waals surface area (Å²) in [4.78, 5) is 28.6. The van der Waals surface area contributed by atoms with E-state index >= 15 is 0 Å². The monoisotopic (exact) mass is 758 g/mol. The number of fused-ring (bicyclic) bond motifs is 7. The molecule has 55 heavy (non-hydrogen) atoms. The summed E-state index contributed by atoms with van der Waals surface area (Å²) in [7, 11) is 2.92. The number of esters is 2. The standard InChI is InChI=1S/C46H62O9/c1-25(2)28-15-18-43(5)24-37(55-41(51)27-12-14-31(48)33(22-27)53-10)46(8)29(38(28)43)23-34(54-40(50)26-11-13-30(47)32(21-26)52-9)39-44(6)19-17-36(49)42(3,4)35(44)16-20-45(39,46)7/h11-14,21-22,28-29,34-39,47-49H,1,15-20,23-24H2,2-10H3/t28?,29?,34?,35?,36-,37+,38?,39?,43+,44-,45+,46-/m0/s1. The van der Waals surface area contributed by atoms with E-state index in [0.29, 0.717) is 30.4 Å².